The molecule has 2 atom stereocenters. The van der Waals surface area contributed by atoms with Crippen LogP contribution in [-0.4, -0.2) is 73.3 Å². The van der Waals surface area contributed by atoms with Gasteiger partial charge in [-0.15, -0.1) is 0 Å². The summed E-state index contributed by atoms with van der Waals surface area (Å²) in [7, 11) is 4.32. The Bertz CT molecular complexity index is 1270. The zero-order valence-electron chi connectivity index (χ0n) is 23.7. The van der Waals surface area contributed by atoms with E-state index in [-0.39, 0.29) is 59.8 Å². The molecule has 1 aliphatic rings. The molecule has 0 spiro atoms. The summed E-state index contributed by atoms with van der Waals surface area (Å²) in [6.07, 6.45) is -8.58. The Morgan fingerprint density at radius 1 is 1.07 bits per heavy atom. The number of rotatable bonds is 10. The van der Waals surface area contributed by atoms with E-state index in [0.717, 1.165) is 23.1 Å². The van der Waals surface area contributed by atoms with Crippen molar-refractivity contribution in [2.24, 2.45) is 11.8 Å². The Hall–Kier alpha value is -3.12. The van der Waals surface area contributed by atoms with Crippen molar-refractivity contribution in [2.45, 2.75) is 50.5 Å². The zero-order chi connectivity index (χ0) is 31.5. The van der Waals surface area contributed by atoms with Crippen LogP contribution in [0.1, 0.15) is 48.5 Å². The predicted octanol–water partition coefficient (Wildman–Crippen LogP) is 6.13. The van der Waals surface area contributed by atoms with Crippen LogP contribution >= 0.6 is 11.6 Å². The molecule has 0 saturated carbocycles. The molecule has 1 fully saturated rings. The molecule has 3 rings (SSSR count). The van der Waals surface area contributed by atoms with Gasteiger partial charge in [-0.1, -0.05) is 30.7 Å². The van der Waals surface area contributed by atoms with Gasteiger partial charge in [0.05, 0.1) is 24.1 Å². The lowest BCUT2D eigenvalue weighted by Crippen LogP contribution is -2.57. The molecule has 13 heteroatoms. The van der Waals surface area contributed by atoms with Crippen molar-refractivity contribution in [1.82, 2.24) is 9.80 Å². The molecule has 2 aromatic rings. The summed E-state index contributed by atoms with van der Waals surface area (Å²) in [5.74, 6) is -2.68. The van der Waals surface area contributed by atoms with Crippen LogP contribution in [0.4, 0.5) is 22.0 Å². The largest absolute Gasteiger partial charge is 0.497 e. The number of methoxy groups -OCH3 is 1. The lowest BCUT2D eigenvalue weighted by molar-refractivity contribution is -0.262. The molecular formula is C29H34ClF5N2O5. The minimum absolute atomic E-state index is 0.0276. The molecule has 0 radical (unpaired) electrons. The summed E-state index contributed by atoms with van der Waals surface area (Å²) in [6.45, 7) is 1.48. The first-order chi connectivity index (χ1) is 19.5. The maximum absolute atomic E-state index is 14.7. The number of piperidine rings is 1. The van der Waals surface area contributed by atoms with Crippen LogP contribution in [0.15, 0.2) is 42.5 Å². The van der Waals surface area contributed by atoms with Gasteiger partial charge in [0.25, 0.3) is 17.4 Å². The highest BCUT2D eigenvalue weighted by atomic mass is 35.5. The Kier molecular flexibility index (Phi) is 10.4. The monoisotopic (exact) mass is 620 g/mol. The summed E-state index contributed by atoms with van der Waals surface area (Å²) < 4.78 is 81.4. The average Bonchev–Trinajstić information content (AvgIpc) is 2.91. The summed E-state index contributed by atoms with van der Waals surface area (Å²) in [4.78, 5) is 27.4. The Balaban J connectivity index is 1.59. The zero-order valence-corrected chi connectivity index (χ0v) is 24.4. The molecular weight excluding hydrogens is 587 g/mol. The van der Waals surface area contributed by atoms with E-state index in [1.54, 1.807) is 6.92 Å². The maximum Gasteiger partial charge on any atom is 0.430 e. The molecule has 1 aliphatic heterocycles. The maximum atomic E-state index is 14.7. The minimum Gasteiger partial charge on any atom is -0.497 e. The number of hydrogen-bond acceptors (Lipinski definition) is 5. The minimum atomic E-state index is -5.29. The van der Waals surface area contributed by atoms with Crippen LogP contribution in [0, 0.1) is 11.8 Å². The summed E-state index contributed by atoms with van der Waals surface area (Å²) >= 11 is 6.08. The van der Waals surface area contributed by atoms with E-state index in [1.807, 2.05) is 0 Å². The van der Waals surface area contributed by atoms with E-state index >= 15 is 0 Å². The fourth-order valence-electron chi connectivity index (χ4n) is 5.10. The van der Waals surface area contributed by atoms with E-state index in [4.69, 9.17) is 21.1 Å². The van der Waals surface area contributed by atoms with Crippen molar-refractivity contribution in [3.05, 3.63) is 58.6 Å². The second-order valence-corrected chi connectivity index (χ2v) is 11.2. The van der Waals surface area contributed by atoms with Crippen LogP contribution < -0.4 is 9.47 Å². The highest BCUT2D eigenvalue weighted by Crippen LogP contribution is 2.42. The first-order valence-corrected chi connectivity index (χ1v) is 13.7. The Labute approximate surface area is 246 Å². The molecule has 0 aliphatic carbocycles. The second kappa shape index (κ2) is 13.0. The van der Waals surface area contributed by atoms with Crippen molar-refractivity contribution < 1.29 is 46.1 Å². The van der Waals surface area contributed by atoms with Crippen molar-refractivity contribution in [3.8, 4) is 11.5 Å². The quantitative estimate of drug-likeness (QED) is 0.324. The van der Waals surface area contributed by atoms with Crippen LogP contribution in [-0.2, 0) is 10.4 Å². The number of amides is 2. The summed E-state index contributed by atoms with van der Waals surface area (Å²) in [5, 5.41) is 10.7. The number of hydrogen-bond donors (Lipinski definition) is 1. The second-order valence-electron chi connectivity index (χ2n) is 10.8. The number of benzene rings is 2. The standard InChI is InChI=1S/C29H34ClF5N2O5/c1-18(17-27(31,32)42-22-8-9-23(24(30)16-22)25(38)36(2)3)14-19-10-12-37(13-11-19)26(39)28(40,29(33,34)35)20-6-5-7-21(15-20)41-4/h5-9,15-16,18-19,40H,10-14,17H2,1-4H3/t18-,28+/m0/s1. The average molecular weight is 621 g/mol. The van der Waals surface area contributed by atoms with E-state index in [2.05, 4.69) is 0 Å². The third-order valence-corrected chi connectivity index (χ3v) is 7.59. The van der Waals surface area contributed by atoms with Crippen LogP contribution in [0.3, 0.4) is 0 Å². The molecule has 0 unspecified atom stereocenters. The number of alkyl halides is 5. The first-order valence-electron chi connectivity index (χ1n) is 13.3. The highest BCUT2D eigenvalue weighted by Gasteiger charge is 2.62. The number of ether oxygens (including phenoxy) is 2. The summed E-state index contributed by atoms with van der Waals surface area (Å²) in [5.41, 5.74) is -4.27. The SMILES string of the molecule is COc1cccc([C@@](O)(C(=O)N2CCC(C[C@H](C)CC(F)(F)Oc3ccc(C(=O)N(C)C)c(Cl)c3)CC2)C(F)(F)F)c1. The lowest BCUT2D eigenvalue weighted by atomic mass is 9.85. The molecule has 0 bridgehead atoms. The number of halogens is 6. The first kappa shape index (κ1) is 33.4. The van der Waals surface area contributed by atoms with Gasteiger partial charge in [0.2, 0.25) is 0 Å². The van der Waals surface area contributed by atoms with Gasteiger partial charge in [0.1, 0.15) is 11.5 Å². The Morgan fingerprint density at radius 3 is 2.26 bits per heavy atom. The van der Waals surface area contributed by atoms with E-state index in [1.165, 1.54) is 50.4 Å². The molecule has 7 nitrogen and oxygen atoms in total. The van der Waals surface area contributed by atoms with Gasteiger partial charge in [-0.2, -0.15) is 22.0 Å². The lowest BCUT2D eigenvalue weighted by Gasteiger charge is -2.39. The van der Waals surface area contributed by atoms with Crippen molar-refractivity contribution in [2.75, 3.05) is 34.3 Å². The Morgan fingerprint density at radius 2 is 1.71 bits per heavy atom. The van der Waals surface area contributed by atoms with Gasteiger partial charge in [-0.3, -0.25) is 9.59 Å². The van der Waals surface area contributed by atoms with Gasteiger partial charge in [-0.05, 0) is 61.4 Å². The molecule has 1 N–H and O–H groups in total. The number of aliphatic hydroxyl groups is 1. The predicted molar refractivity (Wildman–Crippen MR) is 146 cm³/mol. The fraction of sp³-hybridized carbons (Fsp3) is 0.517. The van der Waals surface area contributed by atoms with E-state index in [9.17, 15) is 36.6 Å². The number of likely N-dealkylation sites (tertiary alicyclic amines) is 1. The van der Waals surface area contributed by atoms with Crippen LogP contribution in [0.25, 0.3) is 0 Å². The molecule has 1 heterocycles. The van der Waals surface area contributed by atoms with Gasteiger partial charge in [-0.25, -0.2) is 0 Å². The highest BCUT2D eigenvalue weighted by molar-refractivity contribution is 6.34. The molecule has 2 aromatic carbocycles. The third kappa shape index (κ3) is 7.63. The third-order valence-electron chi connectivity index (χ3n) is 7.28. The smallest absolute Gasteiger partial charge is 0.430 e. The fourth-order valence-corrected chi connectivity index (χ4v) is 5.35. The van der Waals surface area contributed by atoms with Crippen molar-refractivity contribution in [1.29, 1.82) is 0 Å². The van der Waals surface area contributed by atoms with Gasteiger partial charge in [0, 0.05) is 32.7 Å². The van der Waals surface area contributed by atoms with Crippen molar-refractivity contribution in [3.63, 3.8) is 0 Å². The topological polar surface area (TPSA) is 79.3 Å². The summed E-state index contributed by atoms with van der Waals surface area (Å²) in [6, 6.07) is 8.32. The number of carbonyl (C=O) groups excluding carboxylic acids is 2. The molecule has 232 valence electrons. The van der Waals surface area contributed by atoms with Gasteiger partial charge in [0.15, 0.2) is 0 Å². The number of nitrogens with zero attached hydrogens (tertiary/aromatic N) is 2. The van der Waals surface area contributed by atoms with E-state index in [0.29, 0.717) is 6.42 Å². The molecule has 0 aromatic heterocycles. The van der Waals surface area contributed by atoms with Crippen LogP contribution in [0.2, 0.25) is 5.02 Å². The molecule has 42 heavy (non-hydrogen) atoms. The molecule has 1 saturated heterocycles. The molecule has 2 amide bonds. The number of carbonyl (C=O) groups is 2. The van der Waals surface area contributed by atoms with Gasteiger partial charge >= 0.3 is 12.3 Å². The van der Waals surface area contributed by atoms with Crippen molar-refractivity contribution >= 4 is 23.4 Å². The van der Waals surface area contributed by atoms with Crippen LogP contribution in [0.5, 0.6) is 11.5 Å². The normalized spacial score (nSPS) is 16.9. The van der Waals surface area contributed by atoms with Gasteiger partial charge < -0.3 is 24.4 Å². The van der Waals surface area contributed by atoms with E-state index < -0.39 is 41.7 Å².